The van der Waals surface area contributed by atoms with Gasteiger partial charge in [0.1, 0.15) is 0 Å². The van der Waals surface area contributed by atoms with Crippen LogP contribution in [0.1, 0.15) is 16.7 Å². The highest BCUT2D eigenvalue weighted by atomic mass is 15.2. The second-order valence-electron chi connectivity index (χ2n) is 5.26. The van der Waals surface area contributed by atoms with E-state index in [1.165, 1.54) is 16.7 Å². The first-order chi connectivity index (χ1) is 9.65. The van der Waals surface area contributed by atoms with Crippen LogP contribution < -0.4 is 5.32 Å². The summed E-state index contributed by atoms with van der Waals surface area (Å²) in [6.45, 7) is 5.07. The van der Waals surface area contributed by atoms with Crippen molar-refractivity contribution < 1.29 is 0 Å². The van der Waals surface area contributed by atoms with Crippen LogP contribution in [0.15, 0.2) is 42.5 Å². The minimum Gasteiger partial charge on any atom is -0.352 e. The van der Waals surface area contributed by atoms with Crippen LogP contribution in [0.2, 0.25) is 0 Å². The van der Waals surface area contributed by atoms with E-state index in [4.69, 9.17) is 0 Å². The molecule has 1 N–H and O–H groups in total. The van der Waals surface area contributed by atoms with Gasteiger partial charge in [0.2, 0.25) is 5.95 Å². The summed E-state index contributed by atoms with van der Waals surface area (Å²) in [4.78, 5) is 4.62. The van der Waals surface area contributed by atoms with Gasteiger partial charge in [0.15, 0.2) is 0 Å². The van der Waals surface area contributed by atoms with Gasteiger partial charge in [-0.2, -0.15) is 0 Å². The monoisotopic (exact) mass is 265 g/mol. The standard InChI is InChI=1S/C17H19N3/c1-12-8-9-14(10-13(12)2)11-18-17-19-15-6-4-5-7-16(15)20(17)3/h4-10H,11H2,1-3H3,(H,18,19). The van der Waals surface area contributed by atoms with Crippen molar-refractivity contribution in [3.05, 3.63) is 59.2 Å². The molecule has 3 nitrogen and oxygen atoms in total. The van der Waals surface area contributed by atoms with Gasteiger partial charge in [0, 0.05) is 13.6 Å². The molecular formula is C17H19N3. The third-order valence-electron chi connectivity index (χ3n) is 3.81. The van der Waals surface area contributed by atoms with Gasteiger partial charge >= 0.3 is 0 Å². The SMILES string of the molecule is Cc1ccc(CNc2nc3ccccc3n2C)cc1C. The first kappa shape index (κ1) is 12.7. The Kier molecular flexibility index (Phi) is 3.18. The van der Waals surface area contributed by atoms with Crippen LogP contribution in [0, 0.1) is 13.8 Å². The number of rotatable bonds is 3. The van der Waals surface area contributed by atoms with Crippen molar-refractivity contribution in [3.8, 4) is 0 Å². The Morgan fingerprint density at radius 2 is 1.85 bits per heavy atom. The molecule has 0 fully saturated rings. The lowest BCUT2D eigenvalue weighted by atomic mass is 10.1. The summed E-state index contributed by atoms with van der Waals surface area (Å²) in [5, 5.41) is 3.42. The minimum atomic E-state index is 0.790. The smallest absolute Gasteiger partial charge is 0.203 e. The molecule has 1 aromatic heterocycles. The van der Waals surface area contributed by atoms with Crippen molar-refractivity contribution in [2.45, 2.75) is 20.4 Å². The third-order valence-corrected chi connectivity index (χ3v) is 3.81. The molecule has 2 aromatic carbocycles. The summed E-state index contributed by atoms with van der Waals surface area (Å²) in [6.07, 6.45) is 0. The summed E-state index contributed by atoms with van der Waals surface area (Å²) in [6, 6.07) is 14.7. The van der Waals surface area contributed by atoms with Crippen molar-refractivity contribution in [1.29, 1.82) is 0 Å². The Balaban J connectivity index is 1.83. The number of nitrogens with one attached hydrogen (secondary N) is 1. The van der Waals surface area contributed by atoms with E-state index < -0.39 is 0 Å². The molecule has 0 aliphatic rings. The molecule has 102 valence electrons. The van der Waals surface area contributed by atoms with Gasteiger partial charge in [0.25, 0.3) is 0 Å². The number of hydrogen-bond acceptors (Lipinski definition) is 2. The van der Waals surface area contributed by atoms with Gasteiger partial charge in [-0.25, -0.2) is 4.98 Å². The van der Waals surface area contributed by atoms with Crippen molar-refractivity contribution >= 4 is 17.0 Å². The number of aryl methyl sites for hydroxylation is 3. The van der Waals surface area contributed by atoms with Crippen molar-refractivity contribution in [2.24, 2.45) is 7.05 Å². The molecule has 1 heterocycles. The number of hydrogen-bond donors (Lipinski definition) is 1. The first-order valence-corrected chi connectivity index (χ1v) is 6.86. The minimum absolute atomic E-state index is 0.790. The average molecular weight is 265 g/mol. The molecule has 0 spiro atoms. The maximum atomic E-state index is 4.62. The molecule has 0 aliphatic heterocycles. The van der Waals surface area contributed by atoms with E-state index in [1.807, 2.05) is 25.2 Å². The molecule has 0 saturated heterocycles. The Morgan fingerprint density at radius 1 is 1.05 bits per heavy atom. The van der Waals surface area contributed by atoms with Crippen molar-refractivity contribution in [1.82, 2.24) is 9.55 Å². The molecule has 0 aliphatic carbocycles. The summed E-state index contributed by atoms with van der Waals surface area (Å²) in [5.41, 5.74) is 6.11. The van der Waals surface area contributed by atoms with E-state index in [0.29, 0.717) is 0 Å². The Hall–Kier alpha value is -2.29. The fourth-order valence-corrected chi connectivity index (χ4v) is 2.40. The van der Waals surface area contributed by atoms with Crippen LogP contribution in [-0.4, -0.2) is 9.55 Å². The van der Waals surface area contributed by atoms with E-state index in [-0.39, 0.29) is 0 Å². The molecular weight excluding hydrogens is 246 g/mol. The topological polar surface area (TPSA) is 29.9 Å². The van der Waals surface area contributed by atoms with Crippen molar-refractivity contribution in [3.63, 3.8) is 0 Å². The molecule has 0 amide bonds. The van der Waals surface area contributed by atoms with Gasteiger partial charge in [-0.3, -0.25) is 0 Å². The summed E-state index contributed by atoms with van der Waals surface area (Å²) >= 11 is 0. The van der Waals surface area contributed by atoms with Gasteiger partial charge < -0.3 is 9.88 Å². The molecule has 3 aromatic rings. The Morgan fingerprint density at radius 3 is 2.60 bits per heavy atom. The zero-order valence-corrected chi connectivity index (χ0v) is 12.1. The summed E-state index contributed by atoms with van der Waals surface area (Å²) in [5.74, 6) is 0.907. The maximum Gasteiger partial charge on any atom is 0.203 e. The highest BCUT2D eigenvalue weighted by Crippen LogP contribution is 2.18. The molecule has 0 atom stereocenters. The number of anilines is 1. The second-order valence-corrected chi connectivity index (χ2v) is 5.26. The molecule has 0 unspecified atom stereocenters. The number of aromatic nitrogens is 2. The summed E-state index contributed by atoms with van der Waals surface area (Å²) in [7, 11) is 2.04. The van der Waals surface area contributed by atoms with E-state index in [1.54, 1.807) is 0 Å². The number of benzene rings is 2. The Bertz CT molecular complexity index is 756. The fraction of sp³-hybridized carbons (Fsp3) is 0.235. The predicted octanol–water partition coefficient (Wildman–Crippen LogP) is 3.80. The number of imidazole rings is 1. The molecule has 3 rings (SSSR count). The van der Waals surface area contributed by atoms with Crippen LogP contribution in [0.5, 0.6) is 0 Å². The lowest BCUT2D eigenvalue weighted by molar-refractivity contribution is 0.927. The predicted molar refractivity (Wildman–Crippen MR) is 84.0 cm³/mol. The first-order valence-electron chi connectivity index (χ1n) is 6.86. The molecule has 0 radical (unpaired) electrons. The lowest BCUT2D eigenvalue weighted by Crippen LogP contribution is -2.05. The zero-order valence-electron chi connectivity index (χ0n) is 12.1. The fourth-order valence-electron chi connectivity index (χ4n) is 2.40. The van der Waals surface area contributed by atoms with E-state index in [2.05, 4.69) is 53.0 Å². The van der Waals surface area contributed by atoms with Crippen LogP contribution in [-0.2, 0) is 13.6 Å². The quantitative estimate of drug-likeness (QED) is 0.780. The van der Waals surface area contributed by atoms with Gasteiger partial charge in [0.05, 0.1) is 11.0 Å². The molecule has 3 heteroatoms. The lowest BCUT2D eigenvalue weighted by Gasteiger charge is -2.08. The highest BCUT2D eigenvalue weighted by Gasteiger charge is 2.06. The van der Waals surface area contributed by atoms with E-state index in [0.717, 1.165) is 23.5 Å². The summed E-state index contributed by atoms with van der Waals surface area (Å²) < 4.78 is 2.09. The van der Waals surface area contributed by atoms with Crippen LogP contribution >= 0.6 is 0 Å². The van der Waals surface area contributed by atoms with Gasteiger partial charge in [-0.15, -0.1) is 0 Å². The number of para-hydroxylation sites is 2. The zero-order chi connectivity index (χ0) is 14.1. The third kappa shape index (κ3) is 2.27. The molecule has 0 saturated carbocycles. The molecule has 0 bridgehead atoms. The average Bonchev–Trinajstić information content (AvgIpc) is 2.77. The number of nitrogens with zero attached hydrogens (tertiary/aromatic N) is 2. The van der Waals surface area contributed by atoms with Crippen molar-refractivity contribution in [2.75, 3.05) is 5.32 Å². The number of fused-ring (bicyclic) bond motifs is 1. The normalized spacial score (nSPS) is 10.9. The largest absolute Gasteiger partial charge is 0.352 e. The van der Waals surface area contributed by atoms with E-state index in [9.17, 15) is 0 Å². The highest BCUT2D eigenvalue weighted by molar-refractivity contribution is 5.78. The van der Waals surface area contributed by atoms with Crippen LogP contribution in [0.4, 0.5) is 5.95 Å². The second kappa shape index (κ2) is 5.00. The Labute approximate surface area is 119 Å². The van der Waals surface area contributed by atoms with E-state index >= 15 is 0 Å². The van der Waals surface area contributed by atoms with Crippen LogP contribution in [0.25, 0.3) is 11.0 Å². The molecule has 20 heavy (non-hydrogen) atoms. The van der Waals surface area contributed by atoms with Gasteiger partial charge in [-0.05, 0) is 42.7 Å². The van der Waals surface area contributed by atoms with Gasteiger partial charge in [-0.1, -0.05) is 30.3 Å². The van der Waals surface area contributed by atoms with Crippen LogP contribution in [0.3, 0.4) is 0 Å². The maximum absolute atomic E-state index is 4.62.